The maximum absolute atomic E-state index is 14.0. The number of piperazine rings is 1. The summed E-state index contributed by atoms with van der Waals surface area (Å²) in [5, 5.41) is 0. The minimum Gasteiger partial charge on any atom is -0.444 e. The zero-order chi connectivity index (χ0) is 18.1. The van der Waals surface area contributed by atoms with Crippen LogP contribution in [0.4, 0.5) is 13.6 Å². The molecule has 0 aromatic heterocycles. The van der Waals surface area contributed by atoms with Gasteiger partial charge in [0, 0.05) is 37.8 Å². The quantitative estimate of drug-likeness (QED) is 0.693. The molecule has 0 radical (unpaired) electrons. The lowest BCUT2D eigenvalue weighted by molar-refractivity contribution is 0.000427. The number of nitrogens with zero attached hydrogens (tertiary/aromatic N) is 2. The molecule has 1 saturated heterocycles. The van der Waals surface area contributed by atoms with Crippen molar-refractivity contribution >= 4 is 22.0 Å². The summed E-state index contributed by atoms with van der Waals surface area (Å²) in [6.07, 6.45) is -0.337. The molecule has 134 valence electrons. The molecular formula is C17H23BrF2N2O2. The van der Waals surface area contributed by atoms with Crippen molar-refractivity contribution in [3.8, 4) is 0 Å². The number of amides is 1. The average Bonchev–Trinajstić information content (AvgIpc) is 2.46. The van der Waals surface area contributed by atoms with Crippen LogP contribution < -0.4 is 0 Å². The zero-order valence-corrected chi connectivity index (χ0v) is 16.0. The molecule has 0 spiro atoms. The van der Waals surface area contributed by atoms with Gasteiger partial charge in [0.05, 0.1) is 4.47 Å². The lowest BCUT2D eigenvalue weighted by atomic mass is 10.1. The van der Waals surface area contributed by atoms with Crippen molar-refractivity contribution in [3.05, 3.63) is 33.8 Å². The summed E-state index contributed by atoms with van der Waals surface area (Å²) in [7, 11) is 0. The van der Waals surface area contributed by atoms with Gasteiger partial charge in [0.15, 0.2) is 11.6 Å². The molecule has 1 amide bonds. The van der Waals surface area contributed by atoms with Crippen LogP contribution in [0.3, 0.4) is 0 Å². The number of halogens is 3. The van der Waals surface area contributed by atoms with Crippen LogP contribution >= 0.6 is 15.9 Å². The molecule has 1 aromatic carbocycles. The highest BCUT2D eigenvalue weighted by Crippen LogP contribution is 2.23. The molecule has 1 aliphatic rings. The molecular weight excluding hydrogens is 382 g/mol. The van der Waals surface area contributed by atoms with Crippen LogP contribution in [0.2, 0.25) is 0 Å². The van der Waals surface area contributed by atoms with E-state index in [-0.39, 0.29) is 16.6 Å². The second-order valence-electron chi connectivity index (χ2n) is 7.09. The Morgan fingerprint density at radius 3 is 2.54 bits per heavy atom. The molecule has 1 aliphatic heterocycles. The van der Waals surface area contributed by atoms with Crippen molar-refractivity contribution in [3.63, 3.8) is 0 Å². The topological polar surface area (TPSA) is 32.8 Å². The lowest BCUT2D eigenvalue weighted by Crippen LogP contribution is -2.54. The molecule has 1 atom stereocenters. The average molecular weight is 405 g/mol. The van der Waals surface area contributed by atoms with Crippen LogP contribution in [0.15, 0.2) is 16.6 Å². The second-order valence-corrected chi connectivity index (χ2v) is 7.95. The Labute approximate surface area is 149 Å². The van der Waals surface area contributed by atoms with Gasteiger partial charge in [0.25, 0.3) is 0 Å². The first-order chi connectivity index (χ1) is 11.1. The molecule has 0 unspecified atom stereocenters. The van der Waals surface area contributed by atoms with Crippen molar-refractivity contribution in [2.75, 3.05) is 19.6 Å². The molecule has 2 rings (SSSR count). The standard InChI is InChI=1S/C17H23BrF2N2O2/c1-11-9-21(7-8-22(11)16(23)24-17(2,3)4)10-12-5-6-13(18)15(20)14(12)19/h5-6,11H,7-10H2,1-4H3/t11-/m1/s1. The fourth-order valence-electron chi connectivity index (χ4n) is 2.70. The predicted molar refractivity (Wildman–Crippen MR) is 91.7 cm³/mol. The Kier molecular flexibility index (Phi) is 5.86. The molecule has 0 bridgehead atoms. The van der Waals surface area contributed by atoms with Crippen LogP contribution in [0.1, 0.15) is 33.3 Å². The summed E-state index contributed by atoms with van der Waals surface area (Å²) in [6, 6.07) is 3.03. The van der Waals surface area contributed by atoms with Gasteiger partial charge < -0.3 is 9.64 Å². The zero-order valence-electron chi connectivity index (χ0n) is 14.4. The number of benzene rings is 1. The van der Waals surface area contributed by atoms with E-state index in [4.69, 9.17) is 4.74 Å². The van der Waals surface area contributed by atoms with Gasteiger partial charge in [-0.15, -0.1) is 0 Å². The summed E-state index contributed by atoms with van der Waals surface area (Å²) in [5.74, 6) is -1.69. The SMILES string of the molecule is C[C@@H]1CN(Cc2ccc(Br)c(F)c2F)CCN1C(=O)OC(C)(C)C. The Bertz CT molecular complexity index is 619. The molecule has 24 heavy (non-hydrogen) atoms. The molecule has 4 nitrogen and oxygen atoms in total. The van der Waals surface area contributed by atoms with E-state index in [1.165, 1.54) is 6.07 Å². The summed E-state index contributed by atoms with van der Waals surface area (Å²) in [4.78, 5) is 15.9. The van der Waals surface area contributed by atoms with Gasteiger partial charge in [-0.1, -0.05) is 6.07 Å². The van der Waals surface area contributed by atoms with E-state index in [1.807, 2.05) is 32.6 Å². The Balaban J connectivity index is 1.99. The van der Waals surface area contributed by atoms with E-state index in [2.05, 4.69) is 15.9 Å². The van der Waals surface area contributed by atoms with E-state index >= 15 is 0 Å². The highest BCUT2D eigenvalue weighted by molar-refractivity contribution is 9.10. The van der Waals surface area contributed by atoms with Gasteiger partial charge in [-0.3, -0.25) is 4.90 Å². The number of hydrogen-bond acceptors (Lipinski definition) is 3. The van der Waals surface area contributed by atoms with Crippen LogP contribution in [0.25, 0.3) is 0 Å². The molecule has 1 heterocycles. The first-order valence-electron chi connectivity index (χ1n) is 7.93. The van der Waals surface area contributed by atoms with Crippen LogP contribution in [-0.4, -0.2) is 47.2 Å². The minimum atomic E-state index is -0.868. The maximum Gasteiger partial charge on any atom is 0.410 e. The second kappa shape index (κ2) is 7.35. The summed E-state index contributed by atoms with van der Waals surface area (Å²) in [6.45, 7) is 9.38. The smallest absolute Gasteiger partial charge is 0.410 e. The number of carbonyl (C=O) groups excluding carboxylic acids is 1. The monoisotopic (exact) mass is 404 g/mol. The van der Waals surface area contributed by atoms with Gasteiger partial charge in [-0.2, -0.15) is 0 Å². The molecule has 1 aromatic rings. The molecule has 7 heteroatoms. The first kappa shape index (κ1) is 19.1. The number of rotatable bonds is 2. The van der Waals surface area contributed by atoms with E-state index in [9.17, 15) is 13.6 Å². The number of ether oxygens (including phenoxy) is 1. The third-order valence-corrected chi connectivity index (χ3v) is 4.46. The Hall–Kier alpha value is -1.21. The normalized spacial score (nSPS) is 19.5. The molecule has 0 N–H and O–H groups in total. The lowest BCUT2D eigenvalue weighted by Gasteiger charge is -2.40. The maximum atomic E-state index is 14.0. The van der Waals surface area contributed by atoms with Crippen LogP contribution in [0.5, 0.6) is 0 Å². The summed E-state index contributed by atoms with van der Waals surface area (Å²) >= 11 is 2.98. The van der Waals surface area contributed by atoms with Crippen molar-refractivity contribution in [2.24, 2.45) is 0 Å². The van der Waals surface area contributed by atoms with Crippen molar-refractivity contribution in [2.45, 2.75) is 45.9 Å². The van der Waals surface area contributed by atoms with Crippen molar-refractivity contribution in [1.29, 1.82) is 0 Å². The van der Waals surface area contributed by atoms with Gasteiger partial charge in [-0.25, -0.2) is 13.6 Å². The van der Waals surface area contributed by atoms with Crippen LogP contribution in [-0.2, 0) is 11.3 Å². The van der Waals surface area contributed by atoms with Crippen molar-refractivity contribution < 1.29 is 18.3 Å². The van der Waals surface area contributed by atoms with Gasteiger partial charge in [-0.05, 0) is 49.7 Å². The highest BCUT2D eigenvalue weighted by Gasteiger charge is 2.31. The first-order valence-corrected chi connectivity index (χ1v) is 8.72. The largest absolute Gasteiger partial charge is 0.444 e. The van der Waals surface area contributed by atoms with E-state index in [0.717, 1.165) is 0 Å². The molecule has 1 fully saturated rings. The van der Waals surface area contributed by atoms with Gasteiger partial charge in [0.2, 0.25) is 0 Å². The summed E-state index contributed by atoms with van der Waals surface area (Å²) < 4.78 is 33.1. The van der Waals surface area contributed by atoms with E-state index < -0.39 is 17.2 Å². The Morgan fingerprint density at radius 1 is 1.29 bits per heavy atom. The van der Waals surface area contributed by atoms with Gasteiger partial charge in [0.1, 0.15) is 5.60 Å². The predicted octanol–water partition coefficient (Wildman–Crippen LogP) is 4.17. The third-order valence-electron chi connectivity index (χ3n) is 3.85. The fourth-order valence-corrected chi connectivity index (χ4v) is 3.00. The third kappa shape index (κ3) is 4.66. The summed E-state index contributed by atoms with van der Waals surface area (Å²) in [5.41, 5.74) is -0.222. The molecule has 0 aliphatic carbocycles. The fraction of sp³-hybridized carbons (Fsp3) is 0.588. The highest BCUT2D eigenvalue weighted by atomic mass is 79.9. The number of hydrogen-bond donors (Lipinski definition) is 0. The molecule has 0 saturated carbocycles. The van der Waals surface area contributed by atoms with E-state index in [1.54, 1.807) is 11.0 Å². The number of carbonyl (C=O) groups is 1. The van der Waals surface area contributed by atoms with E-state index in [0.29, 0.717) is 31.7 Å². The van der Waals surface area contributed by atoms with Crippen molar-refractivity contribution in [1.82, 2.24) is 9.80 Å². The Morgan fingerprint density at radius 2 is 1.96 bits per heavy atom. The van der Waals surface area contributed by atoms with Gasteiger partial charge >= 0.3 is 6.09 Å². The van der Waals surface area contributed by atoms with Crippen LogP contribution in [0, 0.1) is 11.6 Å². The minimum absolute atomic E-state index is 0.0584.